The Morgan fingerprint density at radius 2 is 1.53 bits per heavy atom. The molecule has 0 aliphatic carbocycles. The number of hydrogen-bond donors (Lipinski definition) is 1. The first-order valence-electron chi connectivity index (χ1n) is 7.82. The fourth-order valence-corrected chi connectivity index (χ4v) is 1.99. The molecule has 19 heavy (non-hydrogen) atoms. The van der Waals surface area contributed by atoms with E-state index in [9.17, 15) is 4.79 Å². The van der Waals surface area contributed by atoms with E-state index < -0.39 is 0 Å². The molecule has 1 amide bonds. The van der Waals surface area contributed by atoms with E-state index in [1.165, 1.54) is 57.8 Å². The van der Waals surface area contributed by atoms with Crippen molar-refractivity contribution in [2.24, 2.45) is 0 Å². The van der Waals surface area contributed by atoms with E-state index in [2.05, 4.69) is 18.8 Å². The van der Waals surface area contributed by atoms with E-state index in [4.69, 9.17) is 4.74 Å². The van der Waals surface area contributed by atoms with Gasteiger partial charge >= 0.3 is 6.09 Å². The molecular weight excluding hydrogens is 238 g/mol. The standard InChI is InChI=1S/C16H31NO2/c1-3-5-6-7-8-9-10-11-12-13-14-17-16(18)19-15-4-2/h4H,2-3,5-15H2,1H3,(H,17,18). The summed E-state index contributed by atoms with van der Waals surface area (Å²) in [5.41, 5.74) is 0. The Morgan fingerprint density at radius 1 is 1.00 bits per heavy atom. The minimum Gasteiger partial charge on any atom is -0.445 e. The van der Waals surface area contributed by atoms with Crippen molar-refractivity contribution in [1.82, 2.24) is 5.32 Å². The molecule has 0 saturated carbocycles. The summed E-state index contributed by atoms with van der Waals surface area (Å²) in [5, 5.41) is 2.73. The molecule has 112 valence electrons. The van der Waals surface area contributed by atoms with Crippen LogP contribution in [0.3, 0.4) is 0 Å². The van der Waals surface area contributed by atoms with Gasteiger partial charge in [0.25, 0.3) is 0 Å². The predicted molar refractivity (Wildman–Crippen MR) is 81.4 cm³/mol. The molecule has 0 aliphatic heterocycles. The van der Waals surface area contributed by atoms with Crippen molar-refractivity contribution in [3.8, 4) is 0 Å². The third kappa shape index (κ3) is 15.0. The molecule has 0 bridgehead atoms. The minimum absolute atomic E-state index is 0.282. The molecule has 0 fully saturated rings. The highest BCUT2D eigenvalue weighted by Crippen LogP contribution is 2.10. The zero-order chi connectivity index (χ0) is 14.2. The second-order valence-corrected chi connectivity index (χ2v) is 5.00. The fourth-order valence-electron chi connectivity index (χ4n) is 1.99. The summed E-state index contributed by atoms with van der Waals surface area (Å²) in [6.07, 6.45) is 14.3. The number of nitrogens with one attached hydrogen (secondary N) is 1. The second kappa shape index (κ2) is 15.1. The number of amides is 1. The molecular formula is C16H31NO2. The zero-order valence-corrected chi connectivity index (χ0v) is 12.6. The van der Waals surface area contributed by atoms with Crippen LogP contribution in [0, 0.1) is 0 Å². The topological polar surface area (TPSA) is 38.3 Å². The number of unbranched alkanes of at least 4 members (excludes halogenated alkanes) is 9. The Bertz CT molecular complexity index is 217. The summed E-state index contributed by atoms with van der Waals surface area (Å²) in [5.74, 6) is 0. The van der Waals surface area contributed by atoms with Crippen LogP contribution in [-0.4, -0.2) is 19.2 Å². The number of carbonyl (C=O) groups is 1. The van der Waals surface area contributed by atoms with Gasteiger partial charge < -0.3 is 10.1 Å². The van der Waals surface area contributed by atoms with Crippen LogP contribution in [0.4, 0.5) is 4.79 Å². The lowest BCUT2D eigenvalue weighted by molar-refractivity contribution is 0.158. The van der Waals surface area contributed by atoms with Crippen LogP contribution in [-0.2, 0) is 4.74 Å². The molecule has 0 radical (unpaired) electrons. The summed E-state index contributed by atoms with van der Waals surface area (Å²) in [6.45, 7) is 6.74. The first-order chi connectivity index (χ1) is 9.31. The van der Waals surface area contributed by atoms with Crippen molar-refractivity contribution >= 4 is 6.09 Å². The summed E-state index contributed by atoms with van der Waals surface area (Å²) >= 11 is 0. The first-order valence-corrected chi connectivity index (χ1v) is 7.82. The zero-order valence-electron chi connectivity index (χ0n) is 12.6. The van der Waals surface area contributed by atoms with Crippen LogP contribution < -0.4 is 5.32 Å². The lowest BCUT2D eigenvalue weighted by Crippen LogP contribution is -2.25. The molecule has 0 heterocycles. The van der Waals surface area contributed by atoms with Crippen molar-refractivity contribution in [1.29, 1.82) is 0 Å². The maximum Gasteiger partial charge on any atom is 0.407 e. The molecule has 1 N–H and O–H groups in total. The molecule has 0 aromatic heterocycles. The number of carbonyl (C=O) groups excluding carboxylic acids is 1. The monoisotopic (exact) mass is 269 g/mol. The normalized spacial score (nSPS) is 10.2. The van der Waals surface area contributed by atoms with Gasteiger partial charge in [0.15, 0.2) is 0 Å². The average molecular weight is 269 g/mol. The Labute approximate surface area is 118 Å². The van der Waals surface area contributed by atoms with Crippen molar-refractivity contribution in [2.45, 2.75) is 71.1 Å². The minimum atomic E-state index is -0.337. The third-order valence-corrected chi connectivity index (χ3v) is 3.13. The highest BCUT2D eigenvalue weighted by atomic mass is 16.5. The Morgan fingerprint density at radius 3 is 2.05 bits per heavy atom. The number of hydrogen-bond acceptors (Lipinski definition) is 2. The van der Waals surface area contributed by atoms with Crippen molar-refractivity contribution in [3.63, 3.8) is 0 Å². The van der Waals surface area contributed by atoms with E-state index in [-0.39, 0.29) is 12.7 Å². The van der Waals surface area contributed by atoms with E-state index >= 15 is 0 Å². The predicted octanol–water partition coefficient (Wildman–Crippen LogP) is 4.82. The largest absolute Gasteiger partial charge is 0.445 e. The van der Waals surface area contributed by atoms with Gasteiger partial charge in [-0.2, -0.15) is 0 Å². The molecule has 0 atom stereocenters. The van der Waals surface area contributed by atoms with E-state index in [1.54, 1.807) is 6.08 Å². The molecule has 0 saturated heterocycles. The molecule has 0 rings (SSSR count). The van der Waals surface area contributed by atoms with Gasteiger partial charge in [-0.05, 0) is 6.42 Å². The van der Waals surface area contributed by atoms with Gasteiger partial charge in [-0.15, -0.1) is 0 Å². The Balaban J connectivity index is 3.06. The van der Waals surface area contributed by atoms with Crippen molar-refractivity contribution in [3.05, 3.63) is 12.7 Å². The molecule has 3 heteroatoms. The van der Waals surface area contributed by atoms with Crippen LogP contribution in [0.2, 0.25) is 0 Å². The van der Waals surface area contributed by atoms with Gasteiger partial charge in [-0.1, -0.05) is 77.4 Å². The smallest absolute Gasteiger partial charge is 0.407 e. The number of ether oxygens (including phenoxy) is 1. The second-order valence-electron chi connectivity index (χ2n) is 5.00. The van der Waals surface area contributed by atoms with Gasteiger partial charge in [0, 0.05) is 6.54 Å². The van der Waals surface area contributed by atoms with Crippen LogP contribution in [0.1, 0.15) is 71.1 Å². The van der Waals surface area contributed by atoms with Crippen LogP contribution in [0.5, 0.6) is 0 Å². The highest BCUT2D eigenvalue weighted by molar-refractivity contribution is 5.67. The molecule has 0 aromatic rings. The molecule has 3 nitrogen and oxygen atoms in total. The summed E-state index contributed by atoms with van der Waals surface area (Å²) < 4.78 is 4.81. The maximum absolute atomic E-state index is 11.1. The van der Waals surface area contributed by atoms with E-state index in [0.717, 1.165) is 6.42 Å². The van der Waals surface area contributed by atoms with Crippen LogP contribution in [0.25, 0.3) is 0 Å². The third-order valence-electron chi connectivity index (χ3n) is 3.13. The molecule has 0 aliphatic rings. The summed E-state index contributed by atoms with van der Waals surface area (Å²) in [7, 11) is 0. The van der Waals surface area contributed by atoms with Crippen molar-refractivity contribution in [2.75, 3.05) is 13.2 Å². The Kier molecular flexibility index (Phi) is 14.3. The quantitative estimate of drug-likeness (QED) is 0.384. The molecule has 0 unspecified atom stereocenters. The fraction of sp³-hybridized carbons (Fsp3) is 0.812. The highest BCUT2D eigenvalue weighted by Gasteiger charge is 1.98. The number of rotatable bonds is 13. The average Bonchev–Trinajstić information content (AvgIpc) is 2.42. The lowest BCUT2D eigenvalue weighted by atomic mass is 10.1. The van der Waals surface area contributed by atoms with E-state index in [0.29, 0.717) is 6.54 Å². The van der Waals surface area contributed by atoms with E-state index in [1.807, 2.05) is 0 Å². The van der Waals surface area contributed by atoms with Gasteiger partial charge in [0.05, 0.1) is 0 Å². The van der Waals surface area contributed by atoms with Gasteiger partial charge in [-0.25, -0.2) is 4.79 Å². The SMILES string of the molecule is C=CCOC(=O)NCCCCCCCCCCCC. The van der Waals surface area contributed by atoms with Gasteiger partial charge in [-0.3, -0.25) is 0 Å². The van der Waals surface area contributed by atoms with Gasteiger partial charge in [0.1, 0.15) is 6.61 Å². The Hall–Kier alpha value is -0.990. The molecule has 0 spiro atoms. The first kappa shape index (κ1) is 18.0. The number of alkyl carbamates (subject to hydrolysis) is 1. The van der Waals surface area contributed by atoms with Crippen molar-refractivity contribution < 1.29 is 9.53 Å². The molecule has 0 aromatic carbocycles. The van der Waals surface area contributed by atoms with Gasteiger partial charge in [0.2, 0.25) is 0 Å². The summed E-state index contributed by atoms with van der Waals surface area (Å²) in [6, 6.07) is 0. The summed E-state index contributed by atoms with van der Waals surface area (Å²) in [4.78, 5) is 11.1. The van der Waals surface area contributed by atoms with Crippen LogP contribution >= 0.6 is 0 Å². The van der Waals surface area contributed by atoms with Crippen LogP contribution in [0.15, 0.2) is 12.7 Å². The lowest BCUT2D eigenvalue weighted by Gasteiger charge is -2.05. The maximum atomic E-state index is 11.1.